The highest BCUT2D eigenvalue weighted by Gasteiger charge is 2.61. The fraction of sp³-hybridized carbons (Fsp3) is 0.318. The van der Waals surface area contributed by atoms with Crippen LogP contribution in [0.5, 0.6) is 0 Å². The van der Waals surface area contributed by atoms with Crippen LogP contribution in [0.1, 0.15) is 12.5 Å². The third-order valence-electron chi connectivity index (χ3n) is 6.26. The van der Waals surface area contributed by atoms with E-state index in [1.54, 1.807) is 6.92 Å². The number of carbonyl (C=O) groups excluding carboxylic acids is 3. The number of oxime groups is 1. The van der Waals surface area contributed by atoms with Gasteiger partial charge < -0.3 is 15.5 Å². The Morgan fingerprint density at radius 3 is 2.54 bits per heavy atom. The molecule has 39 heavy (non-hydrogen) atoms. The van der Waals surface area contributed by atoms with Crippen LogP contribution >= 0.6 is 34.8 Å². The van der Waals surface area contributed by atoms with Gasteiger partial charge in [0, 0.05) is 24.3 Å². The zero-order valence-electron chi connectivity index (χ0n) is 19.6. The number of pyridine rings is 1. The zero-order valence-corrected chi connectivity index (χ0v) is 21.9. The number of nitrogens with one attached hydrogen (secondary N) is 3. The molecule has 0 aliphatic carbocycles. The summed E-state index contributed by atoms with van der Waals surface area (Å²) in [6.45, 7) is 1.32. The summed E-state index contributed by atoms with van der Waals surface area (Å²) in [4.78, 5) is 48.8. The first-order valence-electron chi connectivity index (χ1n) is 11.2. The molecule has 0 unspecified atom stereocenters. The SMILES string of the molecule is C[C@]1(C2=NO[C@@H]3C(=O)N(CCNc4ncc(C(F)(F)F)cc4Cl)C(=O)[C@H]23)NC(=O)N(c2ccc(Cl)cc2Cl)N1. The Morgan fingerprint density at radius 2 is 1.87 bits per heavy atom. The van der Waals surface area contributed by atoms with Crippen molar-refractivity contribution >= 4 is 69.9 Å². The predicted molar refractivity (Wildman–Crippen MR) is 134 cm³/mol. The largest absolute Gasteiger partial charge is 0.417 e. The molecular weight excluding hydrogens is 590 g/mol. The van der Waals surface area contributed by atoms with Crippen LogP contribution in [-0.2, 0) is 20.6 Å². The number of carbonyl (C=O) groups is 3. The monoisotopic (exact) mass is 605 g/mol. The molecule has 0 spiro atoms. The van der Waals surface area contributed by atoms with Crippen molar-refractivity contribution in [1.82, 2.24) is 20.6 Å². The quantitative estimate of drug-likeness (QED) is 0.428. The Morgan fingerprint density at radius 1 is 1.13 bits per heavy atom. The molecule has 3 aliphatic rings. The van der Waals surface area contributed by atoms with Crippen molar-refractivity contribution in [2.75, 3.05) is 23.4 Å². The van der Waals surface area contributed by atoms with Crippen molar-refractivity contribution in [3.8, 4) is 0 Å². The van der Waals surface area contributed by atoms with Crippen LogP contribution in [0.3, 0.4) is 0 Å². The average molecular weight is 607 g/mol. The number of anilines is 2. The van der Waals surface area contributed by atoms with Crippen LogP contribution in [0.15, 0.2) is 35.6 Å². The first-order chi connectivity index (χ1) is 18.3. The summed E-state index contributed by atoms with van der Waals surface area (Å²) >= 11 is 18.1. The number of fused-ring (bicyclic) bond motifs is 1. The van der Waals surface area contributed by atoms with E-state index in [0.717, 1.165) is 9.91 Å². The molecule has 206 valence electrons. The van der Waals surface area contributed by atoms with Gasteiger partial charge in [-0.2, -0.15) is 18.6 Å². The number of benzene rings is 1. The number of alkyl halides is 3. The van der Waals surface area contributed by atoms with Gasteiger partial charge in [0.25, 0.3) is 5.91 Å². The van der Waals surface area contributed by atoms with E-state index in [2.05, 4.69) is 26.2 Å². The van der Waals surface area contributed by atoms with E-state index in [0.29, 0.717) is 17.3 Å². The van der Waals surface area contributed by atoms with E-state index in [9.17, 15) is 27.6 Å². The summed E-state index contributed by atoms with van der Waals surface area (Å²) in [6.07, 6.45) is -5.24. The Kier molecular flexibility index (Phi) is 6.77. The summed E-state index contributed by atoms with van der Waals surface area (Å²) < 4.78 is 38.5. The van der Waals surface area contributed by atoms with Gasteiger partial charge >= 0.3 is 12.2 Å². The summed E-state index contributed by atoms with van der Waals surface area (Å²) in [5.74, 6) is -2.48. The molecule has 0 radical (unpaired) electrons. The van der Waals surface area contributed by atoms with Gasteiger partial charge in [0.15, 0.2) is 5.66 Å². The van der Waals surface area contributed by atoms with Crippen molar-refractivity contribution in [3.05, 3.63) is 51.1 Å². The predicted octanol–water partition coefficient (Wildman–Crippen LogP) is 3.66. The van der Waals surface area contributed by atoms with E-state index >= 15 is 0 Å². The molecule has 3 N–H and O–H groups in total. The van der Waals surface area contributed by atoms with Gasteiger partial charge in [-0.15, -0.1) is 0 Å². The highest BCUT2D eigenvalue weighted by atomic mass is 35.5. The number of halogens is 6. The lowest BCUT2D eigenvalue weighted by Crippen LogP contribution is -2.58. The molecule has 3 aliphatic heterocycles. The van der Waals surface area contributed by atoms with Crippen LogP contribution in [0, 0.1) is 5.92 Å². The summed E-state index contributed by atoms with van der Waals surface area (Å²) in [6, 6.07) is 4.63. The standard InChI is InChI=1S/C22H17Cl3F3N7O4/c1-21(31-20(38)35(33-21)13-3-2-10(23)7-11(13)24)16-14-15(39-32-16)19(37)34(18(14)36)5-4-29-17-12(25)6-9(8-30-17)22(26,27)28/h2-3,6-8,14-15,33H,4-5H2,1H3,(H,29,30)(H,31,38)/t14-,15-,21-/m0/s1. The van der Waals surface area contributed by atoms with Crippen molar-refractivity contribution < 1.29 is 32.4 Å². The van der Waals surface area contributed by atoms with E-state index in [4.69, 9.17) is 39.6 Å². The van der Waals surface area contributed by atoms with E-state index in [-0.39, 0.29) is 40.4 Å². The van der Waals surface area contributed by atoms with Crippen molar-refractivity contribution in [2.45, 2.75) is 24.9 Å². The first kappa shape index (κ1) is 27.2. The number of nitrogens with zero attached hydrogens (tertiary/aromatic N) is 4. The van der Waals surface area contributed by atoms with Crippen LogP contribution in [0.25, 0.3) is 0 Å². The minimum Gasteiger partial charge on any atom is -0.381 e. The minimum atomic E-state index is -4.61. The first-order valence-corrected chi connectivity index (χ1v) is 12.3. The van der Waals surface area contributed by atoms with Gasteiger partial charge in [0.2, 0.25) is 12.0 Å². The maximum absolute atomic E-state index is 13.3. The second kappa shape index (κ2) is 9.70. The van der Waals surface area contributed by atoms with Gasteiger partial charge in [0.05, 0.1) is 21.3 Å². The molecule has 3 atom stereocenters. The normalized spacial score (nSPS) is 24.6. The Balaban J connectivity index is 1.27. The Hall–Kier alpha value is -3.33. The fourth-order valence-corrected chi connectivity index (χ4v) is 5.12. The number of hydrazine groups is 1. The third-order valence-corrected chi connectivity index (χ3v) is 7.08. The second-order valence-electron chi connectivity index (χ2n) is 8.89. The number of aromatic nitrogens is 1. The van der Waals surface area contributed by atoms with Crippen LogP contribution in [0.4, 0.5) is 29.5 Å². The topological polar surface area (TPSA) is 128 Å². The molecule has 2 fully saturated rings. The number of urea groups is 1. The number of rotatable bonds is 6. The Bertz CT molecular complexity index is 1430. The Labute approximate surface area is 233 Å². The van der Waals surface area contributed by atoms with Crippen molar-refractivity contribution in [1.29, 1.82) is 0 Å². The van der Waals surface area contributed by atoms with Crippen molar-refractivity contribution in [2.24, 2.45) is 11.1 Å². The van der Waals surface area contributed by atoms with Crippen LogP contribution in [0.2, 0.25) is 15.1 Å². The lowest BCUT2D eigenvalue weighted by atomic mass is 9.91. The lowest BCUT2D eigenvalue weighted by Gasteiger charge is -2.26. The number of amides is 4. The lowest BCUT2D eigenvalue weighted by molar-refractivity contribution is -0.142. The smallest absolute Gasteiger partial charge is 0.381 e. The average Bonchev–Trinajstić information content (AvgIpc) is 3.49. The molecule has 2 aromatic rings. The summed E-state index contributed by atoms with van der Waals surface area (Å²) in [5, 5.41) is 10.7. The molecule has 0 saturated carbocycles. The van der Waals surface area contributed by atoms with E-state index < -0.39 is 47.3 Å². The summed E-state index contributed by atoms with van der Waals surface area (Å²) in [7, 11) is 0. The fourth-order valence-electron chi connectivity index (χ4n) is 4.40. The molecule has 1 aromatic heterocycles. The molecule has 0 bridgehead atoms. The number of imide groups is 1. The van der Waals surface area contributed by atoms with Gasteiger partial charge in [-0.25, -0.2) is 14.8 Å². The van der Waals surface area contributed by atoms with Gasteiger partial charge in [0.1, 0.15) is 17.4 Å². The van der Waals surface area contributed by atoms with E-state index in [1.165, 1.54) is 18.2 Å². The highest BCUT2D eigenvalue weighted by Crippen LogP contribution is 2.37. The van der Waals surface area contributed by atoms with Crippen molar-refractivity contribution in [3.63, 3.8) is 0 Å². The molecule has 5 rings (SSSR count). The van der Waals surface area contributed by atoms with Gasteiger partial charge in [-0.05, 0) is 31.2 Å². The molecule has 17 heteroatoms. The minimum absolute atomic E-state index is 0.0474. The molecule has 4 heterocycles. The van der Waals surface area contributed by atoms with Crippen LogP contribution in [-0.4, -0.2) is 58.3 Å². The highest BCUT2D eigenvalue weighted by molar-refractivity contribution is 6.37. The van der Waals surface area contributed by atoms with Gasteiger partial charge in [-0.1, -0.05) is 40.0 Å². The maximum Gasteiger partial charge on any atom is 0.417 e. The van der Waals surface area contributed by atoms with Gasteiger partial charge in [-0.3, -0.25) is 14.5 Å². The maximum atomic E-state index is 13.3. The molecular formula is C22H17Cl3F3N7O4. The zero-order chi connectivity index (χ0) is 28.3. The van der Waals surface area contributed by atoms with Crippen LogP contribution < -0.4 is 21.1 Å². The number of likely N-dealkylation sites (tertiary alicyclic amines) is 1. The second-order valence-corrected chi connectivity index (χ2v) is 10.1. The molecule has 1 aromatic carbocycles. The number of hydrogen-bond acceptors (Lipinski definition) is 8. The third kappa shape index (κ3) is 4.81. The molecule has 2 saturated heterocycles. The molecule has 11 nitrogen and oxygen atoms in total. The molecule has 4 amide bonds. The number of hydrogen-bond donors (Lipinski definition) is 3. The summed E-state index contributed by atoms with van der Waals surface area (Å²) in [5.41, 5.74) is 0.842. The van der Waals surface area contributed by atoms with E-state index in [1.807, 2.05) is 0 Å².